The molecule has 0 aromatic heterocycles. The summed E-state index contributed by atoms with van der Waals surface area (Å²) in [6.45, 7) is 0. The lowest BCUT2D eigenvalue weighted by molar-refractivity contribution is -0.188. The molecule has 9 unspecified atom stereocenters. The molecule has 2 aromatic carbocycles. The standard InChI is InChI=1S/C30H28O10S/c31-24-16-5-13-6-17(24)12-30(10-13,11-16)29(34)40-26-21-9-20-23(28(33)39-25(20)26)22(21)27(32)38-18-3-1-15-8-19(41(35,36)37)4-2-14(15)7-18/h1-4,7-8,13,16-17,20-23,25-26H,5-6,9-12H2,(H,35,36,37)/t13?,16-,17?,20?,21?,22?,23?,25?,26?,30?/m1/s1. The number of hydrogen-bond donors (Lipinski definition) is 1. The summed E-state index contributed by atoms with van der Waals surface area (Å²) in [7, 11) is -4.36. The van der Waals surface area contributed by atoms with Crippen LogP contribution in [0.15, 0.2) is 41.3 Å². The summed E-state index contributed by atoms with van der Waals surface area (Å²) in [5.74, 6) is -2.80. The molecule has 1 N–H and O–H groups in total. The Bertz CT molecular complexity index is 1640. The molecule has 1 aliphatic heterocycles. The topological polar surface area (TPSA) is 150 Å². The van der Waals surface area contributed by atoms with Gasteiger partial charge < -0.3 is 14.2 Å². The quantitative estimate of drug-likeness (QED) is 0.317. The normalized spacial score (nSPS) is 39.8. The minimum Gasteiger partial charge on any atom is -0.458 e. The van der Waals surface area contributed by atoms with E-state index in [1.54, 1.807) is 12.1 Å². The number of hydrogen-bond acceptors (Lipinski definition) is 9. The van der Waals surface area contributed by atoms with Crippen molar-refractivity contribution in [3.05, 3.63) is 36.4 Å². The molecular formula is C30H28O10S. The highest BCUT2D eigenvalue weighted by Crippen LogP contribution is 2.62. The van der Waals surface area contributed by atoms with Crippen LogP contribution in [0.25, 0.3) is 10.8 Å². The first kappa shape index (κ1) is 25.4. The number of rotatable bonds is 5. The van der Waals surface area contributed by atoms with E-state index in [-0.39, 0.29) is 40.2 Å². The molecule has 0 radical (unpaired) electrons. The maximum atomic E-state index is 13.7. The van der Waals surface area contributed by atoms with Crippen LogP contribution < -0.4 is 4.74 Å². The maximum absolute atomic E-state index is 13.7. The molecule has 11 heteroatoms. The number of ether oxygens (including phenoxy) is 3. The number of ketones is 1. The fraction of sp³-hybridized carbons (Fsp3) is 0.533. The third-order valence-corrected chi connectivity index (χ3v) is 11.6. The van der Waals surface area contributed by atoms with Crippen LogP contribution in [0.5, 0.6) is 5.75 Å². The first-order valence-corrected chi connectivity index (χ1v) is 15.6. The van der Waals surface area contributed by atoms with Crippen molar-refractivity contribution < 1.29 is 46.4 Å². The number of Topliss-reactive ketones (excluding diaryl/α,β-unsaturated/α-hetero) is 1. The second-order valence-electron chi connectivity index (χ2n) is 13.0. The van der Waals surface area contributed by atoms with Crippen LogP contribution in [-0.4, -0.2) is 48.9 Å². The highest BCUT2D eigenvalue weighted by atomic mass is 32.2. The van der Waals surface area contributed by atoms with Crippen molar-refractivity contribution in [2.75, 3.05) is 0 Å². The number of benzene rings is 2. The van der Waals surface area contributed by atoms with E-state index < -0.39 is 57.4 Å². The molecule has 0 spiro atoms. The number of carbonyl (C=O) groups excluding carboxylic acids is 4. The number of carbonyl (C=O) groups is 4. The van der Waals surface area contributed by atoms with Crippen LogP contribution in [0.3, 0.4) is 0 Å². The lowest BCUT2D eigenvalue weighted by Gasteiger charge is -2.54. The van der Waals surface area contributed by atoms with E-state index in [1.165, 1.54) is 24.3 Å². The minimum atomic E-state index is -4.36. The molecule has 7 fully saturated rings. The van der Waals surface area contributed by atoms with Crippen LogP contribution in [0.4, 0.5) is 0 Å². The Morgan fingerprint density at radius 1 is 0.927 bits per heavy atom. The molecule has 214 valence electrons. The second kappa shape index (κ2) is 8.38. The van der Waals surface area contributed by atoms with Gasteiger partial charge in [0, 0.05) is 23.7 Å². The molecular weight excluding hydrogens is 552 g/mol. The van der Waals surface area contributed by atoms with Gasteiger partial charge in [-0.2, -0.15) is 8.42 Å². The predicted octanol–water partition coefficient (Wildman–Crippen LogP) is 3.11. The van der Waals surface area contributed by atoms with Gasteiger partial charge in [0.1, 0.15) is 23.7 Å². The van der Waals surface area contributed by atoms with Gasteiger partial charge in [-0.3, -0.25) is 23.7 Å². The number of esters is 3. The minimum absolute atomic E-state index is 0.0770. The Morgan fingerprint density at radius 3 is 2.37 bits per heavy atom. The zero-order chi connectivity index (χ0) is 28.4. The molecule has 7 aliphatic rings. The van der Waals surface area contributed by atoms with Gasteiger partial charge in [0.25, 0.3) is 10.1 Å². The summed E-state index contributed by atoms with van der Waals surface area (Å²) >= 11 is 0. The summed E-state index contributed by atoms with van der Waals surface area (Å²) in [4.78, 5) is 52.5. The summed E-state index contributed by atoms with van der Waals surface area (Å²) < 4.78 is 49.8. The molecule has 1 heterocycles. The molecule has 10 atom stereocenters. The van der Waals surface area contributed by atoms with E-state index in [9.17, 15) is 32.1 Å². The van der Waals surface area contributed by atoms with Gasteiger partial charge in [-0.05, 0) is 79.5 Å². The lowest BCUT2D eigenvalue weighted by atomic mass is 9.49. The first-order chi connectivity index (χ1) is 19.5. The monoisotopic (exact) mass is 580 g/mol. The van der Waals surface area contributed by atoms with Gasteiger partial charge in [-0.25, -0.2) is 0 Å². The van der Waals surface area contributed by atoms with Crippen LogP contribution >= 0.6 is 0 Å². The molecule has 10 nitrogen and oxygen atoms in total. The Labute approximate surface area is 235 Å². The molecule has 9 rings (SSSR count). The van der Waals surface area contributed by atoms with Crippen molar-refractivity contribution in [2.24, 2.45) is 46.8 Å². The van der Waals surface area contributed by atoms with E-state index >= 15 is 0 Å². The molecule has 6 saturated carbocycles. The molecule has 1 saturated heterocycles. The Morgan fingerprint density at radius 2 is 1.63 bits per heavy atom. The summed E-state index contributed by atoms with van der Waals surface area (Å²) in [6, 6.07) is 8.75. The summed E-state index contributed by atoms with van der Waals surface area (Å²) in [5.41, 5.74) is -0.676. The maximum Gasteiger partial charge on any atom is 0.315 e. The Balaban J connectivity index is 1.03. The fourth-order valence-electron chi connectivity index (χ4n) is 9.32. The average molecular weight is 581 g/mol. The van der Waals surface area contributed by atoms with E-state index in [4.69, 9.17) is 14.2 Å². The van der Waals surface area contributed by atoms with Crippen molar-refractivity contribution in [3.8, 4) is 5.75 Å². The van der Waals surface area contributed by atoms with Gasteiger partial charge in [-0.15, -0.1) is 0 Å². The third kappa shape index (κ3) is 3.67. The molecule has 0 amide bonds. The van der Waals surface area contributed by atoms with E-state index in [0.717, 1.165) is 19.3 Å². The van der Waals surface area contributed by atoms with Crippen molar-refractivity contribution >= 4 is 44.6 Å². The average Bonchev–Trinajstić information content (AvgIpc) is 3.54. The Hall–Kier alpha value is -3.31. The SMILES string of the molecule is O=C1OC2C3CC(C2OC(=O)C24CC5CC(C2)C(=O)[C@H](C5)C4)C(C(=O)Oc2ccc4cc(S(=O)(=O)O)ccc4c2)C13. The summed E-state index contributed by atoms with van der Waals surface area (Å²) in [5, 5.41) is 1.12. The number of fused-ring (bicyclic) bond motifs is 2. The smallest absolute Gasteiger partial charge is 0.315 e. The van der Waals surface area contributed by atoms with Gasteiger partial charge in [0.15, 0.2) is 0 Å². The molecule has 2 aromatic rings. The molecule has 41 heavy (non-hydrogen) atoms. The van der Waals surface area contributed by atoms with Gasteiger partial charge in [0.2, 0.25) is 0 Å². The van der Waals surface area contributed by atoms with Gasteiger partial charge >= 0.3 is 17.9 Å². The molecule has 6 bridgehead atoms. The van der Waals surface area contributed by atoms with Crippen molar-refractivity contribution in [1.29, 1.82) is 0 Å². The van der Waals surface area contributed by atoms with Crippen LogP contribution in [0.1, 0.15) is 38.5 Å². The third-order valence-electron chi connectivity index (χ3n) is 10.8. The highest BCUT2D eigenvalue weighted by molar-refractivity contribution is 7.85. The lowest BCUT2D eigenvalue weighted by Crippen LogP contribution is -2.56. The van der Waals surface area contributed by atoms with Crippen LogP contribution in [0, 0.1) is 46.8 Å². The Kier molecular flexibility index (Phi) is 5.19. The van der Waals surface area contributed by atoms with E-state index in [2.05, 4.69) is 0 Å². The summed E-state index contributed by atoms with van der Waals surface area (Å²) in [6.07, 6.45) is 2.68. The fourth-order valence-corrected chi connectivity index (χ4v) is 9.84. The van der Waals surface area contributed by atoms with Crippen LogP contribution in [-0.2, 0) is 38.8 Å². The van der Waals surface area contributed by atoms with Crippen molar-refractivity contribution in [1.82, 2.24) is 0 Å². The first-order valence-electron chi connectivity index (χ1n) is 14.2. The van der Waals surface area contributed by atoms with Crippen molar-refractivity contribution in [3.63, 3.8) is 0 Å². The van der Waals surface area contributed by atoms with Gasteiger partial charge in [-0.1, -0.05) is 12.1 Å². The molecule has 6 aliphatic carbocycles. The zero-order valence-corrected chi connectivity index (χ0v) is 22.7. The van der Waals surface area contributed by atoms with Gasteiger partial charge in [0.05, 0.1) is 22.1 Å². The predicted molar refractivity (Wildman–Crippen MR) is 139 cm³/mol. The van der Waals surface area contributed by atoms with E-state index in [1.807, 2.05) is 0 Å². The van der Waals surface area contributed by atoms with E-state index in [0.29, 0.717) is 36.0 Å². The second-order valence-corrected chi connectivity index (χ2v) is 14.4. The van der Waals surface area contributed by atoms with Crippen molar-refractivity contribution in [2.45, 2.75) is 55.6 Å². The zero-order valence-electron chi connectivity index (χ0n) is 21.9. The van der Waals surface area contributed by atoms with Crippen LogP contribution in [0.2, 0.25) is 0 Å². The largest absolute Gasteiger partial charge is 0.458 e. The highest BCUT2D eigenvalue weighted by Gasteiger charge is 2.71.